The first-order chi connectivity index (χ1) is 10.0. The molecule has 0 radical (unpaired) electrons. The van der Waals surface area contributed by atoms with Crippen LogP contribution in [0.15, 0.2) is 40.0 Å². The molecule has 6 nitrogen and oxygen atoms in total. The van der Waals surface area contributed by atoms with Gasteiger partial charge in [-0.25, -0.2) is 8.42 Å². The SMILES string of the molecule is Cn1cc(S(=O)(=O)N(Cc2ccco2)C2CC2)cc1CN. The van der Waals surface area contributed by atoms with Crippen molar-refractivity contribution in [2.45, 2.75) is 36.9 Å². The molecule has 7 heteroatoms. The average Bonchev–Trinajstić information content (AvgIpc) is 3.00. The Kier molecular flexibility index (Phi) is 3.64. The van der Waals surface area contributed by atoms with Crippen LogP contribution in [0.4, 0.5) is 0 Å². The molecule has 0 aliphatic heterocycles. The molecule has 1 aliphatic carbocycles. The summed E-state index contributed by atoms with van der Waals surface area (Å²) in [7, 11) is -1.73. The summed E-state index contributed by atoms with van der Waals surface area (Å²) in [5.41, 5.74) is 6.41. The van der Waals surface area contributed by atoms with Crippen LogP contribution in [0.5, 0.6) is 0 Å². The number of aromatic nitrogens is 1. The standard InChI is InChI=1S/C14H19N3O3S/c1-16-10-14(7-12(16)8-15)21(18,19)17(11-4-5-11)9-13-3-2-6-20-13/h2-3,6-7,10-11H,4-5,8-9,15H2,1H3. The van der Waals surface area contributed by atoms with E-state index in [2.05, 4.69) is 0 Å². The monoisotopic (exact) mass is 309 g/mol. The molecule has 1 aliphatic rings. The molecule has 0 amide bonds. The fraction of sp³-hybridized carbons (Fsp3) is 0.429. The molecule has 2 aromatic rings. The molecule has 114 valence electrons. The van der Waals surface area contributed by atoms with Gasteiger partial charge >= 0.3 is 0 Å². The lowest BCUT2D eigenvalue weighted by molar-refractivity contribution is 0.356. The largest absolute Gasteiger partial charge is 0.468 e. The van der Waals surface area contributed by atoms with E-state index in [9.17, 15) is 8.42 Å². The molecular weight excluding hydrogens is 290 g/mol. The van der Waals surface area contributed by atoms with Crippen LogP contribution < -0.4 is 5.73 Å². The molecule has 0 atom stereocenters. The van der Waals surface area contributed by atoms with Gasteiger partial charge in [0.15, 0.2) is 0 Å². The van der Waals surface area contributed by atoms with Crippen molar-refractivity contribution in [3.63, 3.8) is 0 Å². The van der Waals surface area contributed by atoms with Crippen molar-refractivity contribution in [1.82, 2.24) is 8.87 Å². The molecule has 21 heavy (non-hydrogen) atoms. The van der Waals surface area contributed by atoms with Crippen molar-refractivity contribution in [2.24, 2.45) is 12.8 Å². The van der Waals surface area contributed by atoms with Crippen LogP contribution in [-0.4, -0.2) is 23.3 Å². The Morgan fingerprint density at radius 1 is 1.48 bits per heavy atom. The van der Waals surface area contributed by atoms with Crippen molar-refractivity contribution in [3.8, 4) is 0 Å². The highest BCUT2D eigenvalue weighted by molar-refractivity contribution is 7.89. The van der Waals surface area contributed by atoms with Crippen LogP contribution in [0.2, 0.25) is 0 Å². The third-order valence-electron chi connectivity index (χ3n) is 3.74. The predicted octanol–water partition coefficient (Wildman–Crippen LogP) is 1.43. The molecule has 2 heterocycles. The molecule has 0 saturated heterocycles. The fourth-order valence-corrected chi connectivity index (χ4v) is 4.13. The third-order valence-corrected chi connectivity index (χ3v) is 5.61. The Balaban J connectivity index is 1.93. The van der Waals surface area contributed by atoms with Gasteiger partial charge in [0.2, 0.25) is 10.0 Å². The first-order valence-corrected chi connectivity index (χ1v) is 8.36. The summed E-state index contributed by atoms with van der Waals surface area (Å²) in [6.45, 7) is 0.584. The van der Waals surface area contributed by atoms with E-state index in [1.165, 1.54) is 4.31 Å². The molecule has 1 fully saturated rings. The van der Waals surface area contributed by atoms with Crippen LogP contribution in [0.1, 0.15) is 24.3 Å². The lowest BCUT2D eigenvalue weighted by Gasteiger charge is -2.20. The number of furan rings is 1. The van der Waals surface area contributed by atoms with Gasteiger partial charge in [0.1, 0.15) is 10.7 Å². The van der Waals surface area contributed by atoms with Gasteiger partial charge in [0, 0.05) is 31.5 Å². The number of rotatable bonds is 6. The third kappa shape index (κ3) is 2.76. The normalized spacial score (nSPS) is 15.8. The summed E-state index contributed by atoms with van der Waals surface area (Å²) < 4.78 is 34.3. The molecule has 0 aromatic carbocycles. The minimum atomic E-state index is -3.53. The van der Waals surface area contributed by atoms with Gasteiger partial charge in [-0.1, -0.05) is 0 Å². The minimum Gasteiger partial charge on any atom is -0.468 e. The van der Waals surface area contributed by atoms with Gasteiger partial charge in [0.25, 0.3) is 0 Å². The molecule has 0 unspecified atom stereocenters. The zero-order chi connectivity index (χ0) is 15.0. The predicted molar refractivity (Wildman–Crippen MR) is 77.8 cm³/mol. The molecule has 1 saturated carbocycles. The fourth-order valence-electron chi connectivity index (χ4n) is 2.39. The Bertz CT molecular complexity index is 715. The average molecular weight is 309 g/mol. The van der Waals surface area contributed by atoms with E-state index in [-0.39, 0.29) is 12.6 Å². The van der Waals surface area contributed by atoms with Gasteiger partial charge in [-0.3, -0.25) is 0 Å². The van der Waals surface area contributed by atoms with Crippen LogP contribution in [-0.2, 0) is 30.2 Å². The van der Waals surface area contributed by atoms with E-state index in [4.69, 9.17) is 10.2 Å². The smallest absolute Gasteiger partial charge is 0.245 e. The number of aryl methyl sites for hydroxylation is 1. The highest BCUT2D eigenvalue weighted by Crippen LogP contribution is 2.34. The van der Waals surface area contributed by atoms with Gasteiger partial charge < -0.3 is 14.7 Å². The lowest BCUT2D eigenvalue weighted by atomic mass is 10.4. The van der Waals surface area contributed by atoms with E-state index in [0.717, 1.165) is 18.5 Å². The second kappa shape index (κ2) is 5.32. The maximum absolute atomic E-state index is 12.9. The first-order valence-electron chi connectivity index (χ1n) is 6.92. The van der Waals surface area contributed by atoms with Crippen molar-refractivity contribution < 1.29 is 12.8 Å². The number of nitrogens with zero attached hydrogens (tertiary/aromatic N) is 2. The van der Waals surface area contributed by atoms with Gasteiger partial charge in [-0.2, -0.15) is 4.31 Å². The quantitative estimate of drug-likeness (QED) is 0.875. The van der Waals surface area contributed by atoms with Gasteiger partial charge in [-0.15, -0.1) is 0 Å². The molecule has 0 bridgehead atoms. The summed E-state index contributed by atoms with van der Waals surface area (Å²) >= 11 is 0. The number of hydrogen-bond donors (Lipinski definition) is 1. The van der Waals surface area contributed by atoms with E-state index in [0.29, 0.717) is 17.2 Å². The maximum atomic E-state index is 12.9. The summed E-state index contributed by atoms with van der Waals surface area (Å²) in [5.74, 6) is 0.653. The topological polar surface area (TPSA) is 81.5 Å². The van der Waals surface area contributed by atoms with E-state index < -0.39 is 10.0 Å². The summed E-state index contributed by atoms with van der Waals surface area (Å²) in [6.07, 6.45) is 4.98. The maximum Gasteiger partial charge on any atom is 0.245 e. The van der Waals surface area contributed by atoms with Crippen LogP contribution in [0.3, 0.4) is 0 Å². The van der Waals surface area contributed by atoms with Crippen molar-refractivity contribution in [1.29, 1.82) is 0 Å². The summed E-state index contributed by atoms with van der Waals surface area (Å²) in [5, 5.41) is 0. The van der Waals surface area contributed by atoms with Crippen molar-refractivity contribution in [2.75, 3.05) is 0 Å². The summed E-state index contributed by atoms with van der Waals surface area (Å²) in [6, 6.07) is 5.28. The Hall–Kier alpha value is -1.57. The van der Waals surface area contributed by atoms with Crippen LogP contribution in [0, 0.1) is 0 Å². The number of nitrogens with two attached hydrogens (primary N) is 1. The van der Waals surface area contributed by atoms with Crippen LogP contribution in [0.25, 0.3) is 0 Å². The molecule has 3 rings (SSSR count). The Morgan fingerprint density at radius 2 is 2.24 bits per heavy atom. The van der Waals surface area contributed by atoms with E-state index in [1.807, 2.05) is 0 Å². The second-order valence-corrected chi connectivity index (χ2v) is 7.23. The highest BCUT2D eigenvalue weighted by Gasteiger charge is 2.39. The lowest BCUT2D eigenvalue weighted by Crippen LogP contribution is -2.32. The number of hydrogen-bond acceptors (Lipinski definition) is 4. The van der Waals surface area contributed by atoms with Gasteiger partial charge in [0.05, 0.1) is 12.8 Å². The Labute approximate surface area is 124 Å². The Morgan fingerprint density at radius 3 is 2.76 bits per heavy atom. The highest BCUT2D eigenvalue weighted by atomic mass is 32.2. The van der Waals surface area contributed by atoms with Crippen molar-refractivity contribution >= 4 is 10.0 Å². The summed E-state index contributed by atoms with van der Waals surface area (Å²) in [4.78, 5) is 0.295. The van der Waals surface area contributed by atoms with Crippen LogP contribution >= 0.6 is 0 Å². The second-order valence-electron chi connectivity index (χ2n) is 5.34. The van der Waals surface area contributed by atoms with E-state index in [1.54, 1.807) is 42.3 Å². The molecule has 2 aromatic heterocycles. The zero-order valence-corrected chi connectivity index (χ0v) is 12.7. The molecule has 2 N–H and O–H groups in total. The van der Waals surface area contributed by atoms with Gasteiger partial charge in [-0.05, 0) is 31.0 Å². The first kappa shape index (κ1) is 14.4. The van der Waals surface area contributed by atoms with E-state index >= 15 is 0 Å². The number of sulfonamides is 1. The minimum absolute atomic E-state index is 0.0710. The van der Waals surface area contributed by atoms with Crippen molar-refractivity contribution in [3.05, 3.63) is 42.1 Å². The molecule has 0 spiro atoms. The molecular formula is C14H19N3O3S. The zero-order valence-electron chi connectivity index (χ0n) is 11.9.